The van der Waals surface area contributed by atoms with Crippen LogP contribution in [-0.2, 0) is 0 Å². The maximum atomic E-state index is 4.52. The highest BCUT2D eigenvalue weighted by atomic mass is 32.3. The van der Waals surface area contributed by atoms with Crippen LogP contribution in [0.25, 0.3) is 0 Å². The number of aliphatic imine (C=N–C) groups is 2. The maximum absolute atomic E-state index is 4.52. The molecule has 110 valence electrons. The molecule has 4 rings (SSSR count). The summed E-state index contributed by atoms with van der Waals surface area (Å²) in [5.41, 5.74) is 0. The normalized spacial score (nSPS) is 29.6. The summed E-state index contributed by atoms with van der Waals surface area (Å²) in [4.78, 5) is 9.04. The first-order chi connectivity index (χ1) is 9.78. The van der Waals surface area contributed by atoms with Crippen molar-refractivity contribution in [1.29, 1.82) is 0 Å². The number of nitrogens with zero attached hydrogens (tertiary/aromatic N) is 2. The van der Waals surface area contributed by atoms with Crippen LogP contribution in [0, 0.1) is 0 Å². The van der Waals surface area contributed by atoms with Gasteiger partial charge in [0.15, 0.2) is 17.4 Å². The Balaban J connectivity index is 1.47. The second-order valence-electron chi connectivity index (χ2n) is 4.61. The van der Waals surface area contributed by atoms with Crippen LogP contribution in [-0.4, -0.2) is 56.7 Å². The van der Waals surface area contributed by atoms with E-state index in [0.717, 1.165) is 49.6 Å². The highest BCUT2D eigenvalue weighted by molar-refractivity contribution is 8.61. The Labute approximate surface area is 134 Å². The van der Waals surface area contributed by atoms with E-state index in [1.54, 1.807) is 0 Å². The maximum Gasteiger partial charge on any atom is 0.175 e. The smallest absolute Gasteiger partial charge is 0.175 e. The molecule has 2 fully saturated rings. The zero-order valence-corrected chi connectivity index (χ0v) is 14.0. The van der Waals surface area contributed by atoms with Crippen molar-refractivity contribution in [2.75, 3.05) is 39.3 Å². The average molecular weight is 349 g/mol. The lowest BCUT2D eigenvalue weighted by atomic mass is 10.7. The number of hydrogen-bond acceptors (Lipinski definition) is 10. The molecule has 0 bridgehead atoms. The largest absolute Gasteiger partial charge is 0.363 e. The first kappa shape index (κ1) is 13.9. The van der Waals surface area contributed by atoms with Gasteiger partial charge in [-0.3, -0.25) is 20.6 Å². The van der Waals surface area contributed by atoms with Gasteiger partial charge in [0.1, 0.15) is 0 Å². The van der Waals surface area contributed by atoms with Gasteiger partial charge in [-0.15, -0.1) is 0 Å². The minimum absolute atomic E-state index is 0.0155. The van der Waals surface area contributed by atoms with Gasteiger partial charge in [-0.05, 0) is 23.5 Å². The lowest BCUT2D eigenvalue weighted by Crippen LogP contribution is -2.55. The third-order valence-corrected chi connectivity index (χ3v) is 9.69. The molecule has 0 radical (unpaired) electrons. The first-order valence-electron chi connectivity index (χ1n) is 6.63. The lowest BCUT2D eigenvalue weighted by molar-refractivity contribution is 0.678. The summed E-state index contributed by atoms with van der Waals surface area (Å²) in [7, 11) is 0. The number of amidine groups is 2. The standard InChI is InChI=1S/C10H16N6S4/c1-2-12-7(11-1)17-10(18-8-13-3-4-14-8)19-9(20-10)15-5-6-16-9/h15-16H,1-6H2,(H,11,12)(H,13,14). The molecule has 10 heteroatoms. The highest BCUT2D eigenvalue weighted by Gasteiger charge is 2.61. The molecule has 6 nitrogen and oxygen atoms in total. The molecule has 1 spiro atoms. The molecule has 4 aliphatic rings. The summed E-state index contributed by atoms with van der Waals surface area (Å²) < 4.78 is -0.0327. The topological polar surface area (TPSA) is 72.8 Å². The van der Waals surface area contributed by atoms with Crippen LogP contribution in [0.4, 0.5) is 0 Å². The monoisotopic (exact) mass is 348 g/mol. The van der Waals surface area contributed by atoms with Gasteiger partial charge in [0, 0.05) is 26.2 Å². The second kappa shape index (κ2) is 5.47. The third kappa shape index (κ3) is 2.66. The minimum Gasteiger partial charge on any atom is -0.363 e. The Kier molecular flexibility index (Phi) is 3.80. The van der Waals surface area contributed by atoms with E-state index in [-0.39, 0.29) is 7.07 Å². The van der Waals surface area contributed by atoms with E-state index >= 15 is 0 Å². The predicted molar refractivity (Wildman–Crippen MR) is 92.4 cm³/mol. The lowest BCUT2D eigenvalue weighted by Gasteiger charge is -2.50. The fraction of sp³-hybridized carbons (Fsp3) is 0.800. The zero-order valence-electron chi connectivity index (χ0n) is 10.8. The van der Waals surface area contributed by atoms with E-state index in [2.05, 4.69) is 31.3 Å². The van der Waals surface area contributed by atoms with E-state index in [1.165, 1.54) is 0 Å². The van der Waals surface area contributed by atoms with Crippen molar-refractivity contribution in [3.63, 3.8) is 0 Å². The van der Waals surface area contributed by atoms with Crippen LogP contribution in [0.1, 0.15) is 0 Å². The summed E-state index contributed by atoms with van der Waals surface area (Å²) in [6.45, 7) is 5.75. The van der Waals surface area contributed by atoms with E-state index in [4.69, 9.17) is 0 Å². The van der Waals surface area contributed by atoms with Crippen molar-refractivity contribution < 1.29 is 0 Å². The Morgan fingerprint density at radius 1 is 0.850 bits per heavy atom. The molecule has 4 N–H and O–H groups in total. The van der Waals surface area contributed by atoms with Crippen molar-refractivity contribution in [2.45, 2.75) is 7.07 Å². The van der Waals surface area contributed by atoms with E-state index in [1.807, 2.05) is 47.0 Å². The van der Waals surface area contributed by atoms with Crippen molar-refractivity contribution >= 4 is 57.4 Å². The molecule has 0 aromatic rings. The van der Waals surface area contributed by atoms with Crippen LogP contribution in [0.3, 0.4) is 0 Å². The Hall–Kier alpha value is 0.260. The van der Waals surface area contributed by atoms with Crippen molar-refractivity contribution in [3.05, 3.63) is 0 Å². The Morgan fingerprint density at radius 3 is 1.85 bits per heavy atom. The fourth-order valence-electron chi connectivity index (χ4n) is 2.25. The molecule has 0 unspecified atom stereocenters. The molecule has 0 saturated carbocycles. The molecular weight excluding hydrogens is 332 g/mol. The molecule has 4 aliphatic heterocycles. The van der Waals surface area contributed by atoms with Gasteiger partial charge in [0.25, 0.3) is 0 Å². The zero-order chi connectivity index (χ0) is 13.5. The van der Waals surface area contributed by atoms with Gasteiger partial charge in [0.2, 0.25) is 0 Å². The summed E-state index contributed by atoms with van der Waals surface area (Å²) in [5.74, 6) is 0. The quantitative estimate of drug-likeness (QED) is 0.530. The number of nitrogens with one attached hydrogen (secondary N) is 4. The van der Waals surface area contributed by atoms with Gasteiger partial charge in [-0.25, -0.2) is 0 Å². The molecule has 20 heavy (non-hydrogen) atoms. The fourth-order valence-corrected chi connectivity index (χ4v) is 10.4. The van der Waals surface area contributed by atoms with Crippen molar-refractivity contribution in [3.8, 4) is 0 Å². The molecule has 4 heterocycles. The van der Waals surface area contributed by atoms with Gasteiger partial charge in [0.05, 0.1) is 13.1 Å². The van der Waals surface area contributed by atoms with E-state index in [0.29, 0.717) is 0 Å². The van der Waals surface area contributed by atoms with Gasteiger partial charge >= 0.3 is 0 Å². The number of thioether (sulfide) groups is 4. The molecular formula is C10H16N6S4. The molecule has 0 atom stereocenters. The van der Waals surface area contributed by atoms with E-state index < -0.39 is 0 Å². The summed E-state index contributed by atoms with van der Waals surface area (Å²) in [6, 6.07) is 0. The predicted octanol–water partition coefficient (Wildman–Crippen LogP) is 0.267. The van der Waals surface area contributed by atoms with Gasteiger partial charge in [-0.1, -0.05) is 23.5 Å². The number of rotatable bonds is 2. The van der Waals surface area contributed by atoms with Crippen LogP contribution >= 0.6 is 47.0 Å². The van der Waals surface area contributed by atoms with Crippen LogP contribution in [0.5, 0.6) is 0 Å². The minimum atomic E-state index is -0.0172. The first-order valence-corrected chi connectivity index (χ1v) is 9.89. The highest BCUT2D eigenvalue weighted by Crippen LogP contribution is 2.72. The molecule has 0 aromatic heterocycles. The van der Waals surface area contributed by atoms with Gasteiger partial charge < -0.3 is 10.6 Å². The molecule has 0 aromatic carbocycles. The van der Waals surface area contributed by atoms with E-state index in [9.17, 15) is 0 Å². The van der Waals surface area contributed by atoms with Crippen LogP contribution < -0.4 is 21.3 Å². The SMILES string of the molecule is C1CNC(SC2(SC3=NCCN3)SC3(NCCN3)S2)=N1. The Bertz CT molecular complexity index is 425. The van der Waals surface area contributed by atoms with Crippen molar-refractivity contribution in [2.24, 2.45) is 9.98 Å². The molecule has 0 amide bonds. The molecule has 0 aliphatic carbocycles. The third-order valence-electron chi connectivity index (χ3n) is 3.11. The van der Waals surface area contributed by atoms with Gasteiger partial charge in [-0.2, -0.15) is 0 Å². The molecule has 2 saturated heterocycles. The average Bonchev–Trinajstić information content (AvgIpc) is 3.09. The summed E-state index contributed by atoms with van der Waals surface area (Å²) in [6.07, 6.45) is 0. The second-order valence-corrected chi connectivity index (χ2v) is 11.7. The van der Waals surface area contributed by atoms with Crippen LogP contribution in [0.2, 0.25) is 0 Å². The van der Waals surface area contributed by atoms with Crippen molar-refractivity contribution in [1.82, 2.24) is 21.3 Å². The van der Waals surface area contributed by atoms with Crippen LogP contribution in [0.15, 0.2) is 9.98 Å². The summed E-state index contributed by atoms with van der Waals surface area (Å²) >= 11 is 7.49. The summed E-state index contributed by atoms with van der Waals surface area (Å²) in [5, 5.41) is 15.9. The number of hydrogen-bond donors (Lipinski definition) is 4. The Morgan fingerprint density at radius 2 is 1.40 bits per heavy atom.